The van der Waals surface area contributed by atoms with Gasteiger partial charge in [-0.1, -0.05) is 36.6 Å². The predicted molar refractivity (Wildman–Crippen MR) is 120 cm³/mol. The van der Waals surface area contributed by atoms with Gasteiger partial charge in [-0.3, -0.25) is 9.69 Å². The molecule has 1 aromatic carbocycles. The molecule has 4 rings (SSSR count). The van der Waals surface area contributed by atoms with Gasteiger partial charge in [-0.25, -0.2) is 13.9 Å². The van der Waals surface area contributed by atoms with Crippen LogP contribution in [0.1, 0.15) is 60.6 Å². The molecule has 2 fully saturated rings. The first-order valence-corrected chi connectivity index (χ1v) is 11.8. The lowest BCUT2D eigenvalue weighted by atomic mass is 9.89. The van der Waals surface area contributed by atoms with Gasteiger partial charge in [0.1, 0.15) is 5.82 Å². The van der Waals surface area contributed by atoms with Crippen molar-refractivity contribution in [2.24, 2.45) is 5.92 Å². The standard InChI is InChI=1S/C24H32FN5O3/c1-33-24(32)21-16-30(28-27-21)20-13-22(29(15-20)14-18-5-3-2-4-6-18)23(31)26-12-11-17-7-9-19(25)10-8-17/h7-10,16,18,20,22H,2-6,11-15H2,1H3,(H,26,31)/t20-,22+/m1/s1. The molecule has 2 heterocycles. The Morgan fingerprint density at radius 1 is 1.18 bits per heavy atom. The number of hydrogen-bond donors (Lipinski definition) is 1. The van der Waals surface area contributed by atoms with E-state index >= 15 is 0 Å². The Hall–Kier alpha value is -2.81. The fourth-order valence-electron chi connectivity index (χ4n) is 5.00. The maximum atomic E-state index is 13.1. The summed E-state index contributed by atoms with van der Waals surface area (Å²) in [4.78, 5) is 27.2. The van der Waals surface area contributed by atoms with Crippen molar-refractivity contribution in [3.63, 3.8) is 0 Å². The van der Waals surface area contributed by atoms with Gasteiger partial charge >= 0.3 is 5.97 Å². The average molecular weight is 458 g/mol. The zero-order valence-corrected chi connectivity index (χ0v) is 19.1. The number of benzene rings is 1. The molecule has 1 N–H and O–H groups in total. The van der Waals surface area contributed by atoms with Crippen LogP contribution in [0.3, 0.4) is 0 Å². The van der Waals surface area contributed by atoms with E-state index in [9.17, 15) is 14.0 Å². The van der Waals surface area contributed by atoms with Gasteiger partial charge in [-0.15, -0.1) is 5.10 Å². The highest BCUT2D eigenvalue weighted by Gasteiger charge is 2.39. The molecule has 0 spiro atoms. The lowest BCUT2D eigenvalue weighted by molar-refractivity contribution is -0.125. The molecule has 8 nitrogen and oxygen atoms in total. The topological polar surface area (TPSA) is 89.4 Å². The van der Waals surface area contributed by atoms with Crippen LogP contribution in [0, 0.1) is 11.7 Å². The van der Waals surface area contributed by atoms with E-state index < -0.39 is 5.97 Å². The minimum Gasteiger partial charge on any atom is -0.464 e. The number of nitrogens with zero attached hydrogens (tertiary/aromatic N) is 4. The van der Waals surface area contributed by atoms with Gasteiger partial charge in [0, 0.05) is 19.6 Å². The van der Waals surface area contributed by atoms with Crippen molar-refractivity contribution in [3.05, 3.63) is 47.5 Å². The monoisotopic (exact) mass is 457 g/mol. The summed E-state index contributed by atoms with van der Waals surface area (Å²) in [5, 5.41) is 11.1. The largest absolute Gasteiger partial charge is 0.464 e. The number of ether oxygens (including phenoxy) is 1. The second-order valence-corrected chi connectivity index (χ2v) is 9.11. The number of likely N-dealkylation sites (tertiary alicyclic amines) is 1. The summed E-state index contributed by atoms with van der Waals surface area (Å²) in [5.74, 6) is -0.174. The SMILES string of the molecule is COC(=O)c1cn([C@@H]2C[C@@H](C(=O)NCCc3ccc(F)cc3)N(CC3CCCCC3)C2)nn1. The lowest BCUT2D eigenvalue weighted by Gasteiger charge is -2.30. The van der Waals surface area contributed by atoms with E-state index in [2.05, 4.69) is 20.5 Å². The van der Waals surface area contributed by atoms with Crippen LogP contribution in [0.25, 0.3) is 0 Å². The van der Waals surface area contributed by atoms with Crippen LogP contribution in [0.2, 0.25) is 0 Å². The number of halogens is 1. The second kappa shape index (κ2) is 10.9. The number of rotatable bonds is 8. The first-order chi connectivity index (χ1) is 16.0. The number of carbonyl (C=O) groups is 2. The molecule has 0 radical (unpaired) electrons. The van der Waals surface area contributed by atoms with E-state index in [-0.39, 0.29) is 29.5 Å². The number of amides is 1. The van der Waals surface area contributed by atoms with Crippen LogP contribution < -0.4 is 5.32 Å². The summed E-state index contributed by atoms with van der Waals surface area (Å²) in [5.41, 5.74) is 1.15. The van der Waals surface area contributed by atoms with E-state index in [1.54, 1.807) is 23.0 Å². The Balaban J connectivity index is 1.40. The number of nitrogens with one attached hydrogen (secondary N) is 1. The van der Waals surface area contributed by atoms with Crippen LogP contribution in [-0.2, 0) is 16.0 Å². The second-order valence-electron chi connectivity index (χ2n) is 9.11. The summed E-state index contributed by atoms with van der Waals surface area (Å²) in [6.07, 6.45) is 9.07. The molecule has 9 heteroatoms. The molecule has 2 aromatic rings. The minimum absolute atomic E-state index is 0.00345. The maximum absolute atomic E-state index is 13.1. The van der Waals surface area contributed by atoms with Crippen LogP contribution in [0.4, 0.5) is 4.39 Å². The number of hydrogen-bond acceptors (Lipinski definition) is 6. The summed E-state index contributed by atoms with van der Waals surface area (Å²) < 4.78 is 19.5. The Bertz CT molecular complexity index is 942. The molecule has 1 aliphatic carbocycles. The van der Waals surface area contributed by atoms with Crippen molar-refractivity contribution in [3.8, 4) is 0 Å². The molecule has 1 saturated heterocycles. The minimum atomic E-state index is -0.520. The number of carbonyl (C=O) groups excluding carboxylic acids is 2. The quantitative estimate of drug-likeness (QED) is 0.613. The van der Waals surface area contributed by atoms with Gasteiger partial charge in [0.05, 0.1) is 25.4 Å². The van der Waals surface area contributed by atoms with Crippen LogP contribution in [0.15, 0.2) is 30.5 Å². The third kappa shape index (κ3) is 5.96. The first kappa shape index (κ1) is 23.4. The summed E-state index contributed by atoms with van der Waals surface area (Å²) in [6.45, 7) is 2.08. The molecule has 1 aromatic heterocycles. The molecule has 178 valence electrons. The number of methoxy groups -OCH3 is 1. The van der Waals surface area contributed by atoms with Crippen molar-refractivity contribution in [2.75, 3.05) is 26.7 Å². The average Bonchev–Trinajstić information content (AvgIpc) is 3.48. The van der Waals surface area contributed by atoms with E-state index in [4.69, 9.17) is 4.74 Å². The molecule has 0 bridgehead atoms. The van der Waals surface area contributed by atoms with Gasteiger partial charge in [-0.05, 0) is 49.3 Å². The lowest BCUT2D eigenvalue weighted by Crippen LogP contribution is -2.45. The van der Waals surface area contributed by atoms with E-state index in [1.165, 1.54) is 51.3 Å². The van der Waals surface area contributed by atoms with Crippen molar-refractivity contribution >= 4 is 11.9 Å². The highest BCUT2D eigenvalue weighted by atomic mass is 19.1. The number of esters is 1. The van der Waals surface area contributed by atoms with Crippen LogP contribution in [0.5, 0.6) is 0 Å². The zero-order chi connectivity index (χ0) is 23.2. The van der Waals surface area contributed by atoms with Crippen molar-refractivity contribution in [1.29, 1.82) is 0 Å². The van der Waals surface area contributed by atoms with Gasteiger partial charge in [-0.2, -0.15) is 0 Å². The Morgan fingerprint density at radius 3 is 2.67 bits per heavy atom. The molecule has 1 amide bonds. The summed E-state index contributed by atoms with van der Waals surface area (Å²) in [7, 11) is 1.31. The van der Waals surface area contributed by atoms with Gasteiger partial charge in [0.2, 0.25) is 5.91 Å². The van der Waals surface area contributed by atoms with Gasteiger partial charge < -0.3 is 10.1 Å². The fraction of sp³-hybridized carbons (Fsp3) is 0.583. The van der Waals surface area contributed by atoms with E-state index in [0.717, 1.165) is 12.1 Å². The molecule has 1 aliphatic heterocycles. The smallest absolute Gasteiger partial charge is 0.360 e. The molecule has 33 heavy (non-hydrogen) atoms. The molecule has 2 aliphatic rings. The first-order valence-electron chi connectivity index (χ1n) is 11.8. The normalized spacial score (nSPS) is 21.8. The van der Waals surface area contributed by atoms with Crippen molar-refractivity contribution in [2.45, 2.75) is 57.0 Å². The zero-order valence-electron chi connectivity index (χ0n) is 19.1. The molecular weight excluding hydrogens is 425 g/mol. The third-order valence-electron chi connectivity index (χ3n) is 6.81. The molecule has 0 unspecified atom stereocenters. The Labute approximate surface area is 193 Å². The molecule has 2 atom stereocenters. The van der Waals surface area contributed by atoms with E-state index in [0.29, 0.717) is 31.8 Å². The molecule has 1 saturated carbocycles. The highest BCUT2D eigenvalue weighted by Crippen LogP contribution is 2.31. The van der Waals surface area contributed by atoms with Crippen LogP contribution >= 0.6 is 0 Å². The Kier molecular flexibility index (Phi) is 7.69. The van der Waals surface area contributed by atoms with Crippen molar-refractivity contribution in [1.82, 2.24) is 25.2 Å². The predicted octanol–water partition coefficient (Wildman–Crippen LogP) is 2.76. The summed E-state index contributed by atoms with van der Waals surface area (Å²) in [6, 6.07) is 6.07. The fourth-order valence-corrected chi connectivity index (χ4v) is 5.00. The Morgan fingerprint density at radius 2 is 1.94 bits per heavy atom. The maximum Gasteiger partial charge on any atom is 0.360 e. The van der Waals surface area contributed by atoms with E-state index in [1.807, 2.05) is 0 Å². The highest BCUT2D eigenvalue weighted by molar-refractivity contribution is 5.86. The van der Waals surface area contributed by atoms with Gasteiger partial charge in [0.15, 0.2) is 5.69 Å². The summed E-state index contributed by atoms with van der Waals surface area (Å²) >= 11 is 0. The van der Waals surface area contributed by atoms with Crippen molar-refractivity contribution < 1.29 is 18.7 Å². The number of aromatic nitrogens is 3. The van der Waals surface area contributed by atoms with Crippen LogP contribution in [-0.4, -0.2) is 64.6 Å². The molecular formula is C24H32FN5O3. The third-order valence-corrected chi connectivity index (χ3v) is 6.81. The van der Waals surface area contributed by atoms with Gasteiger partial charge in [0.25, 0.3) is 0 Å².